The first-order valence-electron chi connectivity index (χ1n) is 8.22. The Balaban J connectivity index is 1.45. The Kier molecular flexibility index (Phi) is 5.25. The molecule has 6 nitrogen and oxygen atoms in total. The van der Waals surface area contributed by atoms with Crippen molar-refractivity contribution in [3.05, 3.63) is 30.1 Å². The number of carbonyl (C=O) groups excluding carboxylic acids is 1. The minimum Gasteiger partial charge on any atom is -0.372 e. The summed E-state index contributed by atoms with van der Waals surface area (Å²) in [6.45, 7) is 5.09. The van der Waals surface area contributed by atoms with Crippen LogP contribution in [0.5, 0.6) is 0 Å². The van der Waals surface area contributed by atoms with Gasteiger partial charge in [0.05, 0.1) is 31.5 Å². The average molecular weight is 320 g/mol. The molecule has 0 unspecified atom stereocenters. The third-order valence-electron chi connectivity index (χ3n) is 4.38. The molecule has 1 amide bonds. The molecule has 0 bridgehead atoms. The van der Waals surface area contributed by atoms with Crippen molar-refractivity contribution < 1.29 is 19.0 Å². The van der Waals surface area contributed by atoms with E-state index in [1.54, 1.807) is 11.1 Å². The number of rotatable bonds is 6. The fourth-order valence-corrected chi connectivity index (χ4v) is 3.14. The van der Waals surface area contributed by atoms with E-state index in [4.69, 9.17) is 14.2 Å². The van der Waals surface area contributed by atoms with Crippen molar-refractivity contribution in [2.24, 2.45) is 0 Å². The molecule has 3 heterocycles. The van der Waals surface area contributed by atoms with Crippen LogP contribution in [0.15, 0.2) is 24.4 Å². The van der Waals surface area contributed by atoms with E-state index in [1.807, 2.05) is 25.1 Å². The topological polar surface area (TPSA) is 60.9 Å². The summed E-state index contributed by atoms with van der Waals surface area (Å²) in [6, 6.07) is 5.83. The van der Waals surface area contributed by atoms with E-state index in [0.29, 0.717) is 32.9 Å². The molecule has 1 aromatic rings. The summed E-state index contributed by atoms with van der Waals surface area (Å²) >= 11 is 0. The third-order valence-corrected chi connectivity index (χ3v) is 4.38. The molecule has 23 heavy (non-hydrogen) atoms. The van der Waals surface area contributed by atoms with Crippen LogP contribution < -0.4 is 0 Å². The van der Waals surface area contributed by atoms with Gasteiger partial charge in [-0.3, -0.25) is 9.78 Å². The van der Waals surface area contributed by atoms with Gasteiger partial charge in [-0.1, -0.05) is 6.07 Å². The Morgan fingerprint density at radius 1 is 1.48 bits per heavy atom. The van der Waals surface area contributed by atoms with E-state index in [1.165, 1.54) is 0 Å². The lowest BCUT2D eigenvalue weighted by Gasteiger charge is -2.52. The van der Waals surface area contributed by atoms with Crippen LogP contribution in [0.1, 0.15) is 25.5 Å². The lowest BCUT2D eigenvalue weighted by Crippen LogP contribution is -2.67. The third kappa shape index (κ3) is 4.07. The van der Waals surface area contributed by atoms with Crippen LogP contribution in [-0.2, 0) is 25.6 Å². The SMILES string of the molecule is CCOCC(=O)N1CC2(C[C@H](OCc3ccccn3)CCO2)C1. The smallest absolute Gasteiger partial charge is 0.248 e. The van der Waals surface area contributed by atoms with Gasteiger partial charge in [-0.25, -0.2) is 0 Å². The van der Waals surface area contributed by atoms with Crippen LogP contribution in [0, 0.1) is 0 Å². The summed E-state index contributed by atoms with van der Waals surface area (Å²) in [7, 11) is 0. The maximum atomic E-state index is 11.9. The number of ether oxygens (including phenoxy) is 3. The maximum absolute atomic E-state index is 11.9. The van der Waals surface area contributed by atoms with Gasteiger partial charge in [0.25, 0.3) is 0 Å². The first-order valence-corrected chi connectivity index (χ1v) is 8.22. The highest BCUT2D eigenvalue weighted by atomic mass is 16.5. The number of hydrogen-bond donors (Lipinski definition) is 0. The second-order valence-corrected chi connectivity index (χ2v) is 6.17. The number of carbonyl (C=O) groups is 1. The average Bonchev–Trinajstić information content (AvgIpc) is 2.57. The molecule has 1 aromatic heterocycles. The van der Waals surface area contributed by atoms with E-state index in [-0.39, 0.29) is 24.2 Å². The molecule has 126 valence electrons. The Hall–Kier alpha value is -1.50. The highest BCUT2D eigenvalue weighted by Crippen LogP contribution is 2.35. The van der Waals surface area contributed by atoms with Gasteiger partial charge >= 0.3 is 0 Å². The minimum absolute atomic E-state index is 0.0394. The zero-order valence-electron chi connectivity index (χ0n) is 13.6. The molecule has 0 N–H and O–H groups in total. The monoisotopic (exact) mass is 320 g/mol. The Labute approximate surface area is 136 Å². The van der Waals surface area contributed by atoms with Crippen LogP contribution in [0.2, 0.25) is 0 Å². The van der Waals surface area contributed by atoms with Crippen LogP contribution in [0.25, 0.3) is 0 Å². The lowest BCUT2D eigenvalue weighted by molar-refractivity contribution is -0.204. The molecular weight excluding hydrogens is 296 g/mol. The largest absolute Gasteiger partial charge is 0.372 e. The van der Waals surface area contributed by atoms with Gasteiger partial charge in [0.2, 0.25) is 5.91 Å². The molecule has 2 saturated heterocycles. The number of aromatic nitrogens is 1. The van der Waals surface area contributed by atoms with E-state index >= 15 is 0 Å². The first kappa shape index (κ1) is 16.4. The van der Waals surface area contributed by atoms with Gasteiger partial charge < -0.3 is 19.1 Å². The highest BCUT2D eigenvalue weighted by Gasteiger charge is 2.49. The van der Waals surface area contributed by atoms with E-state index < -0.39 is 0 Å². The molecule has 0 saturated carbocycles. The fourth-order valence-electron chi connectivity index (χ4n) is 3.14. The van der Waals surface area contributed by atoms with Crippen LogP contribution in [0.3, 0.4) is 0 Å². The van der Waals surface area contributed by atoms with Crippen molar-refractivity contribution in [1.29, 1.82) is 0 Å². The minimum atomic E-state index is -0.227. The lowest BCUT2D eigenvalue weighted by atomic mass is 9.84. The zero-order valence-corrected chi connectivity index (χ0v) is 13.6. The Morgan fingerprint density at radius 3 is 3.09 bits per heavy atom. The molecule has 6 heteroatoms. The van der Waals surface area contributed by atoms with Gasteiger partial charge in [-0.2, -0.15) is 0 Å². The summed E-state index contributed by atoms with van der Waals surface area (Å²) in [5, 5.41) is 0. The predicted molar refractivity (Wildman–Crippen MR) is 83.8 cm³/mol. The maximum Gasteiger partial charge on any atom is 0.248 e. The van der Waals surface area contributed by atoms with Gasteiger partial charge in [-0.05, 0) is 25.5 Å². The second kappa shape index (κ2) is 7.38. The normalized spacial score (nSPS) is 22.8. The van der Waals surface area contributed by atoms with E-state index in [2.05, 4.69) is 4.98 Å². The van der Waals surface area contributed by atoms with Crippen molar-refractivity contribution in [2.45, 2.75) is 38.1 Å². The second-order valence-electron chi connectivity index (χ2n) is 6.17. The van der Waals surface area contributed by atoms with Gasteiger partial charge in [0.15, 0.2) is 0 Å². The summed E-state index contributed by atoms with van der Waals surface area (Å²) in [4.78, 5) is 18.0. The van der Waals surface area contributed by atoms with Crippen molar-refractivity contribution in [2.75, 3.05) is 32.9 Å². The van der Waals surface area contributed by atoms with Crippen molar-refractivity contribution >= 4 is 5.91 Å². The number of amides is 1. The quantitative estimate of drug-likeness (QED) is 0.793. The van der Waals surface area contributed by atoms with Crippen molar-refractivity contribution in [3.8, 4) is 0 Å². The van der Waals surface area contributed by atoms with E-state index in [9.17, 15) is 4.79 Å². The number of likely N-dealkylation sites (tertiary alicyclic amines) is 1. The predicted octanol–water partition coefficient (Wildman–Crippen LogP) is 1.39. The van der Waals surface area contributed by atoms with Crippen LogP contribution in [-0.4, -0.2) is 60.4 Å². The zero-order chi connectivity index (χ0) is 16.1. The number of nitrogens with zero attached hydrogens (tertiary/aromatic N) is 2. The Bertz CT molecular complexity index is 517. The summed E-state index contributed by atoms with van der Waals surface area (Å²) in [5.41, 5.74) is 0.713. The molecule has 0 radical (unpaired) electrons. The molecule has 2 fully saturated rings. The fraction of sp³-hybridized carbons (Fsp3) is 0.647. The van der Waals surface area contributed by atoms with Gasteiger partial charge in [0.1, 0.15) is 12.2 Å². The molecule has 0 aliphatic carbocycles. The number of pyridine rings is 1. The first-order chi connectivity index (χ1) is 11.2. The van der Waals surface area contributed by atoms with Crippen LogP contribution in [0.4, 0.5) is 0 Å². The molecule has 1 atom stereocenters. The molecule has 2 aliphatic rings. The molecular formula is C17H24N2O4. The Morgan fingerprint density at radius 2 is 2.35 bits per heavy atom. The van der Waals surface area contributed by atoms with Crippen molar-refractivity contribution in [3.63, 3.8) is 0 Å². The van der Waals surface area contributed by atoms with Crippen molar-refractivity contribution in [1.82, 2.24) is 9.88 Å². The molecule has 1 spiro atoms. The summed E-state index contributed by atoms with van der Waals surface area (Å²) < 4.78 is 17.1. The highest BCUT2D eigenvalue weighted by molar-refractivity contribution is 5.78. The van der Waals surface area contributed by atoms with Crippen LogP contribution >= 0.6 is 0 Å². The standard InChI is InChI=1S/C17H24N2O4/c1-2-21-11-16(20)19-12-17(13-19)9-15(6-8-23-17)22-10-14-5-3-4-7-18-14/h3-5,7,15H,2,6,8-13H2,1H3/t15-/m1/s1. The molecule has 2 aliphatic heterocycles. The molecule has 0 aromatic carbocycles. The van der Waals surface area contributed by atoms with Gasteiger partial charge in [0, 0.05) is 25.8 Å². The summed E-state index contributed by atoms with van der Waals surface area (Å²) in [5.74, 6) is 0.0394. The summed E-state index contributed by atoms with van der Waals surface area (Å²) in [6.07, 6.45) is 3.66. The van der Waals surface area contributed by atoms with E-state index in [0.717, 1.165) is 18.5 Å². The number of hydrogen-bond acceptors (Lipinski definition) is 5. The van der Waals surface area contributed by atoms with Gasteiger partial charge in [-0.15, -0.1) is 0 Å². The molecule has 3 rings (SSSR count).